The molecule has 0 radical (unpaired) electrons. The van der Waals surface area contributed by atoms with E-state index in [1.807, 2.05) is 30.2 Å². The summed E-state index contributed by atoms with van der Waals surface area (Å²) in [4.78, 5) is 16.5. The van der Waals surface area contributed by atoms with E-state index in [1.54, 1.807) is 0 Å². The first-order valence-electron chi connectivity index (χ1n) is 12.3. The molecule has 9 heteroatoms. The lowest BCUT2D eigenvalue weighted by atomic mass is 9.97. The summed E-state index contributed by atoms with van der Waals surface area (Å²) in [6.07, 6.45) is 9.22. The molecule has 2 N–H and O–H groups in total. The maximum Gasteiger partial charge on any atom is 0.223 e. The first-order valence-corrected chi connectivity index (χ1v) is 12.3. The van der Waals surface area contributed by atoms with Crippen LogP contribution in [0.4, 0.5) is 11.8 Å². The van der Waals surface area contributed by atoms with Gasteiger partial charge in [0.15, 0.2) is 0 Å². The smallest absolute Gasteiger partial charge is 0.223 e. The molecule has 0 unspecified atom stereocenters. The van der Waals surface area contributed by atoms with Crippen LogP contribution in [-0.4, -0.2) is 56.1 Å². The van der Waals surface area contributed by atoms with Gasteiger partial charge in [0.25, 0.3) is 0 Å². The molecule has 1 aromatic carbocycles. The predicted octanol–water partition coefficient (Wildman–Crippen LogP) is 2.94. The second-order valence-corrected chi connectivity index (χ2v) is 9.10. The quantitative estimate of drug-likeness (QED) is 0.463. The van der Waals surface area contributed by atoms with E-state index in [1.165, 1.54) is 5.57 Å². The molecule has 1 aliphatic carbocycles. The van der Waals surface area contributed by atoms with Crippen molar-refractivity contribution in [1.82, 2.24) is 35.3 Å². The molecule has 9 nitrogen and oxygen atoms in total. The molecular weight excluding hydrogens is 438 g/mol. The van der Waals surface area contributed by atoms with Gasteiger partial charge in [0.2, 0.25) is 5.95 Å². The Labute approximate surface area is 204 Å². The van der Waals surface area contributed by atoms with Crippen LogP contribution < -0.4 is 15.5 Å². The standard InChI is InChI=1S/C26H29N9/c1-34-24-14-19(7-8-23(24)32-33-34)20-4-2-3-5-22-21(20)17-30-26(31-22)29-16-18-6-9-25(28-15-18)35-12-10-27-11-13-35/h4,6-9,14-15,17,27H,2-3,5,10-13,16H2,1H3,(H,29,30,31). The number of hydrogen-bond acceptors (Lipinski definition) is 8. The van der Waals surface area contributed by atoms with Gasteiger partial charge in [-0.1, -0.05) is 23.4 Å². The summed E-state index contributed by atoms with van der Waals surface area (Å²) < 4.78 is 1.81. The second kappa shape index (κ2) is 9.42. The van der Waals surface area contributed by atoms with Crippen LogP contribution in [0.5, 0.6) is 0 Å². The van der Waals surface area contributed by atoms with Crippen LogP contribution in [0, 0.1) is 0 Å². The highest BCUT2D eigenvalue weighted by atomic mass is 15.4. The molecule has 178 valence electrons. The van der Waals surface area contributed by atoms with Crippen molar-refractivity contribution in [3.05, 3.63) is 71.2 Å². The Kier molecular flexibility index (Phi) is 5.83. The fourth-order valence-electron chi connectivity index (χ4n) is 4.80. The Bertz CT molecular complexity index is 1370. The van der Waals surface area contributed by atoms with Gasteiger partial charge >= 0.3 is 0 Å². The van der Waals surface area contributed by atoms with E-state index in [2.05, 4.69) is 66.2 Å². The van der Waals surface area contributed by atoms with Gasteiger partial charge in [-0.15, -0.1) is 5.10 Å². The molecule has 0 bridgehead atoms. The number of nitrogens with one attached hydrogen (secondary N) is 2. The summed E-state index contributed by atoms with van der Waals surface area (Å²) in [6, 6.07) is 10.5. The molecule has 1 saturated heterocycles. The van der Waals surface area contributed by atoms with Gasteiger partial charge in [-0.05, 0) is 54.2 Å². The number of nitrogens with zero attached hydrogens (tertiary/aromatic N) is 7. The number of anilines is 2. The summed E-state index contributed by atoms with van der Waals surface area (Å²) in [5.41, 5.74) is 7.54. The lowest BCUT2D eigenvalue weighted by Gasteiger charge is -2.28. The molecule has 0 atom stereocenters. The summed E-state index contributed by atoms with van der Waals surface area (Å²) in [5.74, 6) is 1.69. The Balaban J connectivity index is 1.19. The summed E-state index contributed by atoms with van der Waals surface area (Å²) in [7, 11) is 1.92. The molecule has 2 aliphatic rings. The van der Waals surface area contributed by atoms with E-state index in [-0.39, 0.29) is 0 Å². The number of hydrogen-bond donors (Lipinski definition) is 2. The first kappa shape index (κ1) is 21.7. The highest BCUT2D eigenvalue weighted by molar-refractivity contribution is 5.86. The van der Waals surface area contributed by atoms with Crippen LogP contribution in [0.25, 0.3) is 16.6 Å². The molecule has 4 aromatic rings. The van der Waals surface area contributed by atoms with Crippen molar-refractivity contribution >= 4 is 28.4 Å². The van der Waals surface area contributed by atoms with Crippen molar-refractivity contribution in [3.63, 3.8) is 0 Å². The third kappa shape index (κ3) is 4.46. The van der Waals surface area contributed by atoms with E-state index >= 15 is 0 Å². The number of benzene rings is 1. The largest absolute Gasteiger partial charge is 0.354 e. The lowest BCUT2D eigenvalue weighted by molar-refractivity contribution is 0.585. The van der Waals surface area contributed by atoms with Crippen molar-refractivity contribution in [3.8, 4) is 0 Å². The number of fused-ring (bicyclic) bond motifs is 2. The van der Waals surface area contributed by atoms with E-state index in [0.717, 1.165) is 84.7 Å². The van der Waals surface area contributed by atoms with Gasteiger partial charge in [0, 0.05) is 57.7 Å². The highest BCUT2D eigenvalue weighted by Gasteiger charge is 2.17. The van der Waals surface area contributed by atoms with Crippen molar-refractivity contribution in [2.75, 3.05) is 36.4 Å². The van der Waals surface area contributed by atoms with Gasteiger partial charge in [0.05, 0.1) is 11.2 Å². The molecule has 1 fully saturated rings. The van der Waals surface area contributed by atoms with Crippen molar-refractivity contribution < 1.29 is 0 Å². The molecule has 0 saturated carbocycles. The van der Waals surface area contributed by atoms with E-state index in [0.29, 0.717) is 12.5 Å². The SMILES string of the molecule is Cn1nnc2ccc(C3=CCCCc4nc(NCc5ccc(N6CCNCC6)nc5)ncc43)cc21. The fourth-order valence-corrected chi connectivity index (χ4v) is 4.80. The van der Waals surface area contributed by atoms with E-state index in [4.69, 9.17) is 4.98 Å². The van der Waals surface area contributed by atoms with Crippen LogP contribution in [0.1, 0.15) is 35.2 Å². The Morgan fingerprint density at radius 2 is 1.97 bits per heavy atom. The normalized spacial score (nSPS) is 16.0. The summed E-state index contributed by atoms with van der Waals surface area (Å²) >= 11 is 0. The first-order chi connectivity index (χ1) is 17.2. The minimum absolute atomic E-state index is 0.639. The molecule has 0 amide bonds. The van der Waals surface area contributed by atoms with Crippen molar-refractivity contribution in [1.29, 1.82) is 0 Å². The van der Waals surface area contributed by atoms with Crippen LogP contribution >= 0.6 is 0 Å². The molecular formula is C26H29N9. The number of allylic oxidation sites excluding steroid dienone is 1. The summed E-state index contributed by atoms with van der Waals surface area (Å²) in [5, 5.41) is 15.1. The third-order valence-electron chi connectivity index (χ3n) is 6.75. The lowest BCUT2D eigenvalue weighted by Crippen LogP contribution is -2.43. The van der Waals surface area contributed by atoms with Gasteiger partial charge in [-0.3, -0.25) is 0 Å². The average Bonchev–Trinajstić information content (AvgIpc) is 3.15. The zero-order chi connectivity index (χ0) is 23.6. The molecule has 4 heterocycles. The Morgan fingerprint density at radius 1 is 1.06 bits per heavy atom. The van der Waals surface area contributed by atoms with E-state index in [9.17, 15) is 0 Å². The Hall–Kier alpha value is -3.85. The minimum Gasteiger partial charge on any atom is -0.354 e. The second-order valence-electron chi connectivity index (χ2n) is 9.10. The number of rotatable bonds is 5. The molecule has 1 aliphatic heterocycles. The summed E-state index contributed by atoms with van der Waals surface area (Å²) in [6.45, 7) is 4.65. The minimum atomic E-state index is 0.639. The fraction of sp³-hybridized carbons (Fsp3) is 0.346. The number of piperazine rings is 1. The maximum atomic E-state index is 4.90. The molecule has 3 aromatic heterocycles. The third-order valence-corrected chi connectivity index (χ3v) is 6.75. The van der Waals surface area contributed by atoms with Crippen LogP contribution in [0.3, 0.4) is 0 Å². The maximum absolute atomic E-state index is 4.90. The van der Waals surface area contributed by atoms with Gasteiger partial charge in [-0.25, -0.2) is 19.6 Å². The van der Waals surface area contributed by atoms with Crippen LogP contribution in [-0.2, 0) is 20.0 Å². The van der Waals surface area contributed by atoms with E-state index < -0.39 is 0 Å². The molecule has 6 rings (SSSR count). The highest BCUT2D eigenvalue weighted by Crippen LogP contribution is 2.31. The van der Waals surface area contributed by atoms with Gasteiger partial charge < -0.3 is 15.5 Å². The van der Waals surface area contributed by atoms with Crippen molar-refractivity contribution in [2.24, 2.45) is 7.05 Å². The zero-order valence-corrected chi connectivity index (χ0v) is 19.9. The average molecular weight is 468 g/mol. The number of aromatic nitrogens is 6. The number of aryl methyl sites for hydroxylation is 2. The monoisotopic (exact) mass is 467 g/mol. The Morgan fingerprint density at radius 3 is 2.83 bits per heavy atom. The molecule has 35 heavy (non-hydrogen) atoms. The topological polar surface area (TPSA) is 96.7 Å². The van der Waals surface area contributed by atoms with Crippen molar-refractivity contribution in [2.45, 2.75) is 25.8 Å². The predicted molar refractivity (Wildman–Crippen MR) is 137 cm³/mol. The number of pyridine rings is 1. The molecule has 0 spiro atoms. The zero-order valence-electron chi connectivity index (χ0n) is 19.9. The van der Waals surface area contributed by atoms with Gasteiger partial charge in [-0.2, -0.15) is 0 Å². The van der Waals surface area contributed by atoms with Crippen LogP contribution in [0.2, 0.25) is 0 Å². The van der Waals surface area contributed by atoms with Gasteiger partial charge in [0.1, 0.15) is 11.3 Å². The van der Waals surface area contributed by atoms with Crippen LogP contribution in [0.15, 0.2) is 48.8 Å².